The number of fused-ring (bicyclic) bond motifs is 1. The third-order valence-corrected chi connectivity index (χ3v) is 3.34. The van der Waals surface area contributed by atoms with Crippen LogP contribution < -0.4 is 0 Å². The molecule has 1 heterocycles. The molecule has 0 radical (unpaired) electrons. The van der Waals surface area contributed by atoms with Crippen molar-refractivity contribution >= 4 is 16.8 Å². The zero-order valence-electron chi connectivity index (χ0n) is 9.32. The first-order chi connectivity index (χ1) is 7.74. The number of aryl methyl sites for hydroxylation is 1. The second-order valence-corrected chi connectivity index (χ2v) is 4.60. The van der Waals surface area contributed by atoms with Crippen LogP contribution >= 0.6 is 0 Å². The minimum Gasteiger partial charge on any atom is -0.460 e. The van der Waals surface area contributed by atoms with Gasteiger partial charge in [-0.25, -0.2) is 0 Å². The van der Waals surface area contributed by atoms with Crippen LogP contribution in [0.4, 0.5) is 0 Å². The first-order valence-electron chi connectivity index (χ1n) is 5.77. The van der Waals surface area contributed by atoms with E-state index >= 15 is 0 Å². The highest BCUT2D eigenvalue weighted by Crippen LogP contribution is 2.34. The molecule has 0 saturated heterocycles. The molecule has 82 valence electrons. The molecule has 1 fully saturated rings. The number of benzene rings is 1. The van der Waals surface area contributed by atoms with Crippen molar-refractivity contribution in [3.8, 4) is 0 Å². The Kier molecular flexibility index (Phi) is 2.10. The summed E-state index contributed by atoms with van der Waals surface area (Å²) in [6.45, 7) is 2.06. The average Bonchev–Trinajstić information content (AvgIpc) is 2.82. The summed E-state index contributed by atoms with van der Waals surface area (Å²) in [4.78, 5) is 11.7. The average molecular weight is 214 g/mol. The van der Waals surface area contributed by atoms with Crippen molar-refractivity contribution in [3.63, 3.8) is 0 Å². The molecule has 1 aromatic heterocycles. The highest BCUT2D eigenvalue weighted by molar-refractivity contribution is 5.88. The molecule has 0 bridgehead atoms. The summed E-state index contributed by atoms with van der Waals surface area (Å²) in [7, 11) is 0. The Morgan fingerprint density at radius 1 is 1.31 bits per heavy atom. The molecule has 16 heavy (non-hydrogen) atoms. The van der Waals surface area contributed by atoms with E-state index in [-0.39, 0.29) is 5.92 Å². The monoisotopic (exact) mass is 214 g/mol. The van der Waals surface area contributed by atoms with Crippen molar-refractivity contribution in [1.29, 1.82) is 0 Å². The molecular formula is C14H14O2. The second kappa shape index (κ2) is 3.48. The molecular weight excluding hydrogens is 200 g/mol. The highest BCUT2D eigenvalue weighted by atomic mass is 16.3. The molecule has 2 heteroatoms. The van der Waals surface area contributed by atoms with E-state index in [0.29, 0.717) is 12.2 Å². The molecule has 0 aliphatic heterocycles. The van der Waals surface area contributed by atoms with Gasteiger partial charge in [0.1, 0.15) is 17.1 Å². The fraction of sp³-hybridized carbons (Fsp3) is 0.357. The summed E-state index contributed by atoms with van der Waals surface area (Å²) < 4.78 is 5.76. The summed E-state index contributed by atoms with van der Waals surface area (Å²) >= 11 is 0. The number of furan rings is 1. The van der Waals surface area contributed by atoms with Crippen LogP contribution in [0.5, 0.6) is 0 Å². The molecule has 0 spiro atoms. The van der Waals surface area contributed by atoms with Crippen molar-refractivity contribution in [2.75, 3.05) is 0 Å². The lowest BCUT2D eigenvalue weighted by atomic mass is 10.0. The molecule has 3 rings (SSSR count). The summed E-state index contributed by atoms with van der Waals surface area (Å²) in [6.07, 6.45) is 2.65. The molecule has 1 saturated carbocycles. The van der Waals surface area contributed by atoms with Crippen LogP contribution in [0, 0.1) is 6.92 Å². The Balaban J connectivity index is 2.08. The summed E-state index contributed by atoms with van der Waals surface area (Å²) in [5.41, 5.74) is 2.11. The zero-order chi connectivity index (χ0) is 11.1. The molecule has 1 unspecified atom stereocenters. The lowest BCUT2D eigenvalue weighted by Crippen LogP contribution is -2.02. The summed E-state index contributed by atoms with van der Waals surface area (Å²) in [5.74, 6) is 1.19. The van der Waals surface area contributed by atoms with Crippen molar-refractivity contribution in [2.45, 2.75) is 32.1 Å². The van der Waals surface area contributed by atoms with E-state index in [0.717, 1.165) is 29.6 Å². The molecule has 2 aromatic rings. The molecule has 2 nitrogen and oxygen atoms in total. The lowest BCUT2D eigenvalue weighted by molar-refractivity contribution is -0.118. The summed E-state index contributed by atoms with van der Waals surface area (Å²) in [6, 6.07) is 8.14. The molecule has 1 aliphatic rings. The Labute approximate surface area is 94.3 Å². The van der Waals surface area contributed by atoms with Crippen LogP contribution in [0.15, 0.2) is 28.7 Å². The van der Waals surface area contributed by atoms with Gasteiger partial charge in [0.15, 0.2) is 0 Å². The smallest absolute Gasteiger partial charge is 0.143 e. The Morgan fingerprint density at radius 3 is 2.94 bits per heavy atom. The lowest BCUT2D eigenvalue weighted by Gasteiger charge is -2.01. The topological polar surface area (TPSA) is 30.2 Å². The molecule has 0 amide bonds. The predicted molar refractivity (Wildman–Crippen MR) is 62.6 cm³/mol. The molecule has 0 N–H and O–H groups in total. The van der Waals surface area contributed by atoms with Gasteiger partial charge in [-0.05, 0) is 38.0 Å². The standard InChI is InChI=1S/C14H14O2/c1-9-5-6-13-10(7-9)8-14(16-13)11-3-2-4-12(11)15/h5-8,11H,2-4H2,1H3. The van der Waals surface area contributed by atoms with Crippen molar-refractivity contribution in [3.05, 3.63) is 35.6 Å². The zero-order valence-corrected chi connectivity index (χ0v) is 9.32. The van der Waals surface area contributed by atoms with Crippen LogP contribution in [0.2, 0.25) is 0 Å². The Bertz CT molecular complexity index is 551. The fourth-order valence-electron chi connectivity index (χ4n) is 2.47. The van der Waals surface area contributed by atoms with E-state index in [2.05, 4.69) is 13.0 Å². The van der Waals surface area contributed by atoms with Gasteiger partial charge in [-0.2, -0.15) is 0 Å². The van der Waals surface area contributed by atoms with Gasteiger partial charge in [-0.15, -0.1) is 0 Å². The van der Waals surface area contributed by atoms with Crippen LogP contribution in [0.3, 0.4) is 0 Å². The van der Waals surface area contributed by atoms with E-state index in [9.17, 15) is 4.79 Å². The maximum Gasteiger partial charge on any atom is 0.143 e. The number of hydrogen-bond acceptors (Lipinski definition) is 2. The van der Waals surface area contributed by atoms with Gasteiger partial charge in [0.25, 0.3) is 0 Å². The SMILES string of the molecule is Cc1ccc2oc(C3CCCC3=O)cc2c1. The van der Waals surface area contributed by atoms with E-state index < -0.39 is 0 Å². The largest absolute Gasteiger partial charge is 0.460 e. The molecule has 1 aromatic carbocycles. The maximum atomic E-state index is 11.7. The van der Waals surface area contributed by atoms with E-state index in [1.165, 1.54) is 5.56 Å². The van der Waals surface area contributed by atoms with Gasteiger partial charge >= 0.3 is 0 Å². The van der Waals surface area contributed by atoms with E-state index in [1.807, 2.05) is 18.2 Å². The van der Waals surface area contributed by atoms with Gasteiger partial charge in [0.2, 0.25) is 0 Å². The van der Waals surface area contributed by atoms with Crippen molar-refractivity contribution < 1.29 is 9.21 Å². The fourth-order valence-corrected chi connectivity index (χ4v) is 2.47. The first-order valence-corrected chi connectivity index (χ1v) is 5.77. The van der Waals surface area contributed by atoms with Crippen LogP contribution in [-0.2, 0) is 4.79 Å². The summed E-state index contributed by atoms with van der Waals surface area (Å²) in [5, 5.41) is 1.11. The molecule has 1 atom stereocenters. The van der Waals surface area contributed by atoms with E-state index in [1.54, 1.807) is 0 Å². The minimum atomic E-state index is 0.00714. The highest BCUT2D eigenvalue weighted by Gasteiger charge is 2.28. The number of hydrogen-bond donors (Lipinski definition) is 0. The van der Waals surface area contributed by atoms with Crippen LogP contribution in [0.1, 0.15) is 36.5 Å². The number of carbonyl (C=O) groups excluding carboxylic acids is 1. The Hall–Kier alpha value is -1.57. The normalized spacial score (nSPS) is 20.8. The van der Waals surface area contributed by atoms with Gasteiger partial charge < -0.3 is 4.42 Å². The van der Waals surface area contributed by atoms with Gasteiger partial charge in [-0.1, -0.05) is 11.6 Å². The Morgan fingerprint density at radius 2 is 2.19 bits per heavy atom. The maximum absolute atomic E-state index is 11.7. The predicted octanol–water partition coefficient (Wildman–Crippen LogP) is 3.58. The minimum absolute atomic E-state index is 0.00714. The van der Waals surface area contributed by atoms with Crippen molar-refractivity contribution in [1.82, 2.24) is 0 Å². The molecule has 1 aliphatic carbocycles. The van der Waals surface area contributed by atoms with Crippen LogP contribution in [0.25, 0.3) is 11.0 Å². The van der Waals surface area contributed by atoms with Crippen LogP contribution in [-0.4, -0.2) is 5.78 Å². The third kappa shape index (κ3) is 1.45. The first kappa shape index (κ1) is 9.64. The number of carbonyl (C=O) groups is 1. The van der Waals surface area contributed by atoms with E-state index in [4.69, 9.17) is 4.42 Å². The van der Waals surface area contributed by atoms with Gasteiger partial charge in [0, 0.05) is 11.8 Å². The second-order valence-electron chi connectivity index (χ2n) is 4.60. The number of ketones is 1. The number of rotatable bonds is 1. The number of Topliss-reactive ketones (excluding diaryl/α,β-unsaturated/α-hetero) is 1. The van der Waals surface area contributed by atoms with Gasteiger partial charge in [-0.3, -0.25) is 4.79 Å². The quantitative estimate of drug-likeness (QED) is 0.726. The van der Waals surface area contributed by atoms with Gasteiger partial charge in [0.05, 0.1) is 5.92 Å². The third-order valence-electron chi connectivity index (χ3n) is 3.34. The van der Waals surface area contributed by atoms with Crippen molar-refractivity contribution in [2.24, 2.45) is 0 Å².